The molecule has 0 bridgehead atoms. The standard InChI is InChI=1S/C20H26N2O3/c1-3-20(24)13-9-8-12-16(20)22-14-21-17(19(23)25-4-2)18(22)15-10-6-5-7-11-15/h5-7,10-11,14,16,24H,3-4,8-9,12-13H2,1-2H3/t16-,20+/m1/s1. The van der Waals surface area contributed by atoms with Crippen molar-refractivity contribution in [3.8, 4) is 11.3 Å². The summed E-state index contributed by atoms with van der Waals surface area (Å²) in [5.41, 5.74) is 1.19. The smallest absolute Gasteiger partial charge is 0.359 e. The predicted molar refractivity (Wildman–Crippen MR) is 96.4 cm³/mol. The van der Waals surface area contributed by atoms with E-state index in [2.05, 4.69) is 4.98 Å². The Balaban J connectivity index is 2.12. The van der Waals surface area contributed by atoms with E-state index in [4.69, 9.17) is 4.74 Å². The quantitative estimate of drug-likeness (QED) is 0.835. The Morgan fingerprint density at radius 3 is 2.76 bits per heavy atom. The number of hydrogen-bond donors (Lipinski definition) is 1. The minimum absolute atomic E-state index is 0.0860. The fraction of sp³-hybridized carbons (Fsp3) is 0.500. The number of esters is 1. The maximum absolute atomic E-state index is 12.4. The largest absolute Gasteiger partial charge is 0.461 e. The van der Waals surface area contributed by atoms with Gasteiger partial charge >= 0.3 is 5.97 Å². The van der Waals surface area contributed by atoms with E-state index in [0.29, 0.717) is 18.7 Å². The molecule has 1 fully saturated rings. The van der Waals surface area contributed by atoms with Gasteiger partial charge in [-0.2, -0.15) is 0 Å². The molecule has 1 N–H and O–H groups in total. The Morgan fingerprint density at radius 1 is 1.32 bits per heavy atom. The highest BCUT2D eigenvalue weighted by molar-refractivity contribution is 5.94. The predicted octanol–water partition coefficient (Wildman–Crippen LogP) is 3.98. The van der Waals surface area contributed by atoms with E-state index in [1.807, 2.05) is 41.8 Å². The topological polar surface area (TPSA) is 64.3 Å². The van der Waals surface area contributed by atoms with Crippen LogP contribution in [-0.2, 0) is 4.74 Å². The maximum Gasteiger partial charge on any atom is 0.359 e. The first-order chi connectivity index (χ1) is 12.1. The van der Waals surface area contributed by atoms with Gasteiger partial charge in [0, 0.05) is 5.56 Å². The highest BCUT2D eigenvalue weighted by Gasteiger charge is 2.40. The van der Waals surface area contributed by atoms with Gasteiger partial charge in [0.2, 0.25) is 0 Å². The summed E-state index contributed by atoms with van der Waals surface area (Å²) in [6, 6.07) is 9.66. The third kappa shape index (κ3) is 3.33. The van der Waals surface area contributed by atoms with Crippen molar-refractivity contribution in [2.24, 2.45) is 0 Å². The molecule has 134 valence electrons. The van der Waals surface area contributed by atoms with Crippen molar-refractivity contribution >= 4 is 5.97 Å². The van der Waals surface area contributed by atoms with Gasteiger partial charge in [0.15, 0.2) is 5.69 Å². The minimum Gasteiger partial charge on any atom is -0.461 e. The number of ether oxygens (including phenoxy) is 1. The molecule has 5 heteroatoms. The summed E-state index contributed by atoms with van der Waals surface area (Å²) < 4.78 is 7.18. The highest BCUT2D eigenvalue weighted by Crippen LogP contribution is 2.42. The molecule has 0 saturated heterocycles. The van der Waals surface area contributed by atoms with Crippen LogP contribution in [0.25, 0.3) is 11.3 Å². The van der Waals surface area contributed by atoms with E-state index in [1.165, 1.54) is 0 Å². The fourth-order valence-corrected chi connectivity index (χ4v) is 3.84. The monoisotopic (exact) mass is 342 g/mol. The van der Waals surface area contributed by atoms with Gasteiger partial charge in [0.05, 0.1) is 30.3 Å². The van der Waals surface area contributed by atoms with E-state index in [-0.39, 0.29) is 6.04 Å². The van der Waals surface area contributed by atoms with E-state index in [0.717, 1.165) is 36.9 Å². The third-order valence-electron chi connectivity index (χ3n) is 5.22. The van der Waals surface area contributed by atoms with Crippen LogP contribution in [0.3, 0.4) is 0 Å². The van der Waals surface area contributed by atoms with Crippen LogP contribution in [0.1, 0.15) is 62.5 Å². The zero-order valence-electron chi connectivity index (χ0n) is 14.9. The van der Waals surface area contributed by atoms with Crippen molar-refractivity contribution in [1.82, 2.24) is 9.55 Å². The van der Waals surface area contributed by atoms with Gasteiger partial charge < -0.3 is 14.4 Å². The van der Waals surface area contributed by atoms with Gasteiger partial charge in [0.1, 0.15) is 0 Å². The molecule has 2 aromatic rings. The molecule has 1 aliphatic carbocycles. The van der Waals surface area contributed by atoms with Crippen molar-refractivity contribution in [2.45, 2.75) is 57.6 Å². The molecule has 0 aliphatic heterocycles. The number of imidazole rings is 1. The molecule has 2 atom stereocenters. The van der Waals surface area contributed by atoms with Crippen molar-refractivity contribution in [1.29, 1.82) is 0 Å². The molecule has 1 aromatic carbocycles. The number of benzene rings is 1. The molecule has 0 spiro atoms. The molecule has 0 radical (unpaired) electrons. The van der Waals surface area contributed by atoms with E-state index in [1.54, 1.807) is 13.3 Å². The lowest BCUT2D eigenvalue weighted by molar-refractivity contribution is -0.0439. The number of carbonyl (C=O) groups is 1. The summed E-state index contributed by atoms with van der Waals surface area (Å²) in [7, 11) is 0. The molecule has 0 unspecified atom stereocenters. The maximum atomic E-state index is 12.4. The van der Waals surface area contributed by atoms with Crippen LogP contribution in [0.15, 0.2) is 36.7 Å². The van der Waals surface area contributed by atoms with Gasteiger partial charge in [-0.05, 0) is 26.2 Å². The molecule has 3 rings (SSSR count). The summed E-state index contributed by atoms with van der Waals surface area (Å²) in [4.78, 5) is 16.8. The number of aromatic nitrogens is 2. The lowest BCUT2D eigenvalue weighted by Gasteiger charge is -2.40. The highest BCUT2D eigenvalue weighted by atomic mass is 16.5. The van der Waals surface area contributed by atoms with E-state index < -0.39 is 11.6 Å². The van der Waals surface area contributed by atoms with Gasteiger partial charge in [-0.25, -0.2) is 9.78 Å². The molecule has 25 heavy (non-hydrogen) atoms. The van der Waals surface area contributed by atoms with Gasteiger partial charge in [-0.1, -0.05) is 50.1 Å². The fourth-order valence-electron chi connectivity index (χ4n) is 3.84. The third-order valence-corrected chi connectivity index (χ3v) is 5.22. The number of nitrogens with zero attached hydrogens (tertiary/aromatic N) is 2. The van der Waals surface area contributed by atoms with Crippen LogP contribution >= 0.6 is 0 Å². The molecule has 1 aliphatic rings. The van der Waals surface area contributed by atoms with Crippen molar-refractivity contribution in [2.75, 3.05) is 6.61 Å². The normalized spacial score (nSPS) is 23.4. The molecule has 1 aromatic heterocycles. The summed E-state index contributed by atoms with van der Waals surface area (Å²) in [6.07, 6.45) is 6.11. The molecular weight excluding hydrogens is 316 g/mol. The van der Waals surface area contributed by atoms with Crippen LogP contribution in [0.2, 0.25) is 0 Å². The average Bonchev–Trinajstić information content (AvgIpc) is 3.08. The average molecular weight is 342 g/mol. The van der Waals surface area contributed by atoms with Gasteiger partial charge in [-0.15, -0.1) is 0 Å². The van der Waals surface area contributed by atoms with Gasteiger partial charge in [-0.3, -0.25) is 0 Å². The van der Waals surface area contributed by atoms with E-state index in [9.17, 15) is 9.90 Å². The number of hydrogen-bond acceptors (Lipinski definition) is 4. The number of carbonyl (C=O) groups excluding carboxylic acids is 1. The lowest BCUT2D eigenvalue weighted by Crippen LogP contribution is -2.41. The van der Waals surface area contributed by atoms with Crippen LogP contribution < -0.4 is 0 Å². The Hall–Kier alpha value is -2.14. The Bertz CT molecular complexity index is 726. The summed E-state index contributed by atoms with van der Waals surface area (Å²) in [5, 5.41) is 11.2. The molecule has 5 nitrogen and oxygen atoms in total. The Kier molecular flexibility index (Phi) is 5.23. The summed E-state index contributed by atoms with van der Waals surface area (Å²) in [5.74, 6) is -0.420. The van der Waals surface area contributed by atoms with Crippen LogP contribution in [0, 0.1) is 0 Å². The van der Waals surface area contributed by atoms with Crippen molar-refractivity contribution in [3.05, 3.63) is 42.4 Å². The van der Waals surface area contributed by atoms with Crippen molar-refractivity contribution in [3.63, 3.8) is 0 Å². The molecular formula is C20H26N2O3. The first-order valence-corrected chi connectivity index (χ1v) is 9.12. The van der Waals surface area contributed by atoms with Gasteiger partial charge in [0.25, 0.3) is 0 Å². The second-order valence-corrected chi connectivity index (χ2v) is 6.65. The van der Waals surface area contributed by atoms with Crippen LogP contribution in [-0.4, -0.2) is 32.8 Å². The lowest BCUT2D eigenvalue weighted by atomic mass is 9.78. The van der Waals surface area contributed by atoms with Crippen molar-refractivity contribution < 1.29 is 14.6 Å². The number of rotatable bonds is 5. The second kappa shape index (κ2) is 7.40. The van der Waals surface area contributed by atoms with Crippen LogP contribution in [0.4, 0.5) is 0 Å². The molecule has 0 amide bonds. The number of aliphatic hydroxyl groups is 1. The molecule has 1 heterocycles. The molecule has 1 saturated carbocycles. The zero-order chi connectivity index (χ0) is 17.9. The second-order valence-electron chi connectivity index (χ2n) is 6.65. The Labute approximate surface area is 148 Å². The zero-order valence-corrected chi connectivity index (χ0v) is 14.9. The first kappa shape index (κ1) is 17.7. The Morgan fingerprint density at radius 2 is 2.08 bits per heavy atom. The van der Waals surface area contributed by atoms with Crippen LogP contribution in [0.5, 0.6) is 0 Å². The van der Waals surface area contributed by atoms with E-state index >= 15 is 0 Å². The first-order valence-electron chi connectivity index (χ1n) is 9.12. The summed E-state index contributed by atoms with van der Waals surface area (Å²) >= 11 is 0. The minimum atomic E-state index is -0.769. The summed E-state index contributed by atoms with van der Waals surface area (Å²) in [6.45, 7) is 4.11. The SMILES string of the molecule is CCOC(=O)c1ncn([C@@H]2CCCC[C@@]2(O)CC)c1-c1ccccc1.